The van der Waals surface area contributed by atoms with Gasteiger partial charge in [-0.25, -0.2) is 0 Å². The van der Waals surface area contributed by atoms with Crippen LogP contribution in [0, 0.1) is 16.7 Å². The fourth-order valence-corrected chi connectivity index (χ4v) is 2.61. The van der Waals surface area contributed by atoms with Crippen LogP contribution in [0.3, 0.4) is 0 Å². The molecule has 1 unspecified atom stereocenters. The first-order valence-corrected chi connectivity index (χ1v) is 7.31. The predicted molar refractivity (Wildman–Crippen MR) is 79.8 cm³/mol. The third kappa shape index (κ3) is 5.11. The molecule has 1 aliphatic heterocycles. The highest BCUT2D eigenvalue weighted by atomic mass is 16.1. The lowest BCUT2D eigenvalue weighted by Gasteiger charge is -2.32. The van der Waals surface area contributed by atoms with Crippen molar-refractivity contribution in [3.63, 3.8) is 0 Å². The molecule has 0 radical (unpaired) electrons. The van der Waals surface area contributed by atoms with E-state index in [4.69, 9.17) is 5.73 Å². The molecule has 1 fully saturated rings. The maximum atomic E-state index is 12.0. The molecule has 3 N–H and O–H groups in total. The van der Waals surface area contributed by atoms with Gasteiger partial charge in [-0.2, -0.15) is 0 Å². The molecule has 1 amide bonds. The zero-order valence-electron chi connectivity index (χ0n) is 13.3. The Labute approximate surface area is 118 Å². The molecule has 0 aliphatic carbocycles. The van der Waals surface area contributed by atoms with Crippen LogP contribution in [0.2, 0.25) is 0 Å². The third-order valence-electron chi connectivity index (χ3n) is 4.43. The topological polar surface area (TPSA) is 58.4 Å². The normalized spacial score (nSPS) is 21.7. The molecule has 0 saturated carbocycles. The van der Waals surface area contributed by atoms with E-state index in [9.17, 15) is 4.79 Å². The summed E-state index contributed by atoms with van der Waals surface area (Å²) in [6, 6.07) is 0. The maximum Gasteiger partial charge on any atom is 0.220 e. The molecule has 0 spiro atoms. The second kappa shape index (κ2) is 6.23. The minimum absolute atomic E-state index is 0.109. The molecular formula is C15H31N3O. The van der Waals surface area contributed by atoms with Crippen LogP contribution in [0.4, 0.5) is 0 Å². The van der Waals surface area contributed by atoms with E-state index in [1.165, 1.54) is 13.0 Å². The average molecular weight is 269 g/mol. The number of hydrogen-bond acceptors (Lipinski definition) is 3. The standard InChI is InChI=1S/C15H31N3O/c1-14(2,10-16)8-13(19)17-11-15(3,4)12-6-7-18(5)9-12/h12H,6-11,16H2,1-5H3,(H,17,19). The Balaban J connectivity index is 2.40. The zero-order chi connectivity index (χ0) is 14.7. The lowest BCUT2D eigenvalue weighted by Crippen LogP contribution is -2.41. The highest BCUT2D eigenvalue weighted by molar-refractivity contribution is 5.76. The number of nitrogens with zero attached hydrogens (tertiary/aromatic N) is 1. The molecule has 1 heterocycles. The van der Waals surface area contributed by atoms with Crippen molar-refractivity contribution in [2.45, 2.75) is 40.5 Å². The van der Waals surface area contributed by atoms with Gasteiger partial charge in [0.05, 0.1) is 0 Å². The van der Waals surface area contributed by atoms with Crippen LogP contribution in [-0.4, -0.2) is 44.0 Å². The maximum absolute atomic E-state index is 12.0. The van der Waals surface area contributed by atoms with Crippen LogP contribution in [0.5, 0.6) is 0 Å². The molecule has 4 heteroatoms. The predicted octanol–water partition coefficient (Wildman–Crippen LogP) is 1.46. The highest BCUT2D eigenvalue weighted by Crippen LogP contribution is 2.33. The number of carbonyl (C=O) groups excluding carboxylic acids is 1. The monoisotopic (exact) mass is 269 g/mol. The van der Waals surface area contributed by atoms with Crippen molar-refractivity contribution in [1.82, 2.24) is 10.2 Å². The first-order valence-electron chi connectivity index (χ1n) is 7.31. The van der Waals surface area contributed by atoms with Gasteiger partial charge in [-0.1, -0.05) is 27.7 Å². The Morgan fingerprint density at radius 1 is 1.37 bits per heavy atom. The number of likely N-dealkylation sites (tertiary alicyclic amines) is 1. The summed E-state index contributed by atoms with van der Waals surface area (Å²) in [5.41, 5.74) is 5.72. The second-order valence-corrected chi connectivity index (χ2v) is 7.56. The molecule has 1 atom stereocenters. The van der Waals surface area contributed by atoms with Gasteiger partial charge in [0.1, 0.15) is 0 Å². The summed E-state index contributed by atoms with van der Waals surface area (Å²) in [6.45, 7) is 12.2. The van der Waals surface area contributed by atoms with Gasteiger partial charge in [0, 0.05) is 19.5 Å². The Morgan fingerprint density at radius 2 is 2.00 bits per heavy atom. The minimum Gasteiger partial charge on any atom is -0.356 e. The fraction of sp³-hybridized carbons (Fsp3) is 0.933. The van der Waals surface area contributed by atoms with Crippen molar-refractivity contribution >= 4 is 5.91 Å². The van der Waals surface area contributed by atoms with E-state index in [0.29, 0.717) is 18.9 Å². The SMILES string of the molecule is CN1CCC(C(C)(C)CNC(=O)CC(C)(C)CN)C1. The average Bonchev–Trinajstić information content (AvgIpc) is 2.74. The number of nitrogens with one attached hydrogen (secondary N) is 1. The van der Waals surface area contributed by atoms with Gasteiger partial charge >= 0.3 is 0 Å². The summed E-state index contributed by atoms with van der Waals surface area (Å²) in [5, 5.41) is 3.09. The third-order valence-corrected chi connectivity index (χ3v) is 4.43. The Bertz CT molecular complexity index is 313. The van der Waals surface area contributed by atoms with Crippen LogP contribution in [0.1, 0.15) is 40.5 Å². The van der Waals surface area contributed by atoms with E-state index in [-0.39, 0.29) is 16.7 Å². The smallest absolute Gasteiger partial charge is 0.220 e. The largest absolute Gasteiger partial charge is 0.356 e. The lowest BCUT2D eigenvalue weighted by atomic mass is 9.78. The quantitative estimate of drug-likeness (QED) is 0.767. The molecule has 1 aliphatic rings. The number of amides is 1. The molecular weight excluding hydrogens is 238 g/mol. The summed E-state index contributed by atoms with van der Waals surface area (Å²) >= 11 is 0. The number of nitrogens with two attached hydrogens (primary N) is 1. The fourth-order valence-electron chi connectivity index (χ4n) is 2.61. The lowest BCUT2D eigenvalue weighted by molar-refractivity contribution is -0.123. The van der Waals surface area contributed by atoms with Crippen LogP contribution < -0.4 is 11.1 Å². The van der Waals surface area contributed by atoms with Crippen molar-refractivity contribution in [3.8, 4) is 0 Å². The number of rotatable bonds is 6. The second-order valence-electron chi connectivity index (χ2n) is 7.56. The van der Waals surface area contributed by atoms with Gasteiger partial charge in [-0.05, 0) is 43.3 Å². The zero-order valence-corrected chi connectivity index (χ0v) is 13.3. The first kappa shape index (κ1) is 16.4. The van der Waals surface area contributed by atoms with E-state index >= 15 is 0 Å². The summed E-state index contributed by atoms with van der Waals surface area (Å²) in [4.78, 5) is 14.3. The Kier molecular flexibility index (Phi) is 5.39. The van der Waals surface area contributed by atoms with Crippen molar-refractivity contribution in [1.29, 1.82) is 0 Å². The van der Waals surface area contributed by atoms with E-state index in [1.807, 2.05) is 13.8 Å². The van der Waals surface area contributed by atoms with E-state index in [2.05, 4.69) is 31.1 Å². The molecule has 0 bridgehead atoms. The number of hydrogen-bond donors (Lipinski definition) is 2. The van der Waals surface area contributed by atoms with Gasteiger partial charge in [0.25, 0.3) is 0 Å². The van der Waals surface area contributed by atoms with Crippen LogP contribution in [0.15, 0.2) is 0 Å². The molecule has 19 heavy (non-hydrogen) atoms. The molecule has 4 nitrogen and oxygen atoms in total. The van der Waals surface area contributed by atoms with Crippen molar-refractivity contribution in [3.05, 3.63) is 0 Å². The molecule has 1 saturated heterocycles. The molecule has 1 rings (SSSR count). The molecule has 0 aromatic rings. The molecule has 0 aromatic carbocycles. The van der Waals surface area contributed by atoms with Gasteiger partial charge in [-0.3, -0.25) is 4.79 Å². The van der Waals surface area contributed by atoms with Crippen LogP contribution >= 0.6 is 0 Å². The minimum atomic E-state index is -0.109. The van der Waals surface area contributed by atoms with Gasteiger partial charge in [-0.15, -0.1) is 0 Å². The van der Waals surface area contributed by atoms with E-state index in [0.717, 1.165) is 13.1 Å². The van der Waals surface area contributed by atoms with Gasteiger partial charge in [0.2, 0.25) is 5.91 Å². The van der Waals surface area contributed by atoms with Crippen LogP contribution in [0.25, 0.3) is 0 Å². The molecule has 112 valence electrons. The van der Waals surface area contributed by atoms with E-state index in [1.54, 1.807) is 0 Å². The van der Waals surface area contributed by atoms with Gasteiger partial charge in [0.15, 0.2) is 0 Å². The highest BCUT2D eigenvalue weighted by Gasteiger charge is 2.34. The number of carbonyl (C=O) groups is 1. The summed E-state index contributed by atoms with van der Waals surface area (Å²) < 4.78 is 0. The Hall–Kier alpha value is -0.610. The van der Waals surface area contributed by atoms with E-state index < -0.39 is 0 Å². The summed E-state index contributed by atoms with van der Waals surface area (Å²) in [6.07, 6.45) is 1.73. The summed E-state index contributed by atoms with van der Waals surface area (Å²) in [7, 11) is 2.17. The first-order chi connectivity index (χ1) is 8.66. The van der Waals surface area contributed by atoms with Crippen LogP contribution in [-0.2, 0) is 4.79 Å². The Morgan fingerprint density at radius 3 is 2.47 bits per heavy atom. The van der Waals surface area contributed by atoms with Crippen molar-refractivity contribution in [2.75, 3.05) is 33.2 Å². The van der Waals surface area contributed by atoms with Crippen molar-refractivity contribution < 1.29 is 4.79 Å². The molecule has 0 aromatic heterocycles. The van der Waals surface area contributed by atoms with Crippen molar-refractivity contribution in [2.24, 2.45) is 22.5 Å². The van der Waals surface area contributed by atoms with Gasteiger partial charge < -0.3 is 16.0 Å². The summed E-state index contributed by atoms with van der Waals surface area (Å²) in [5.74, 6) is 0.787.